The van der Waals surface area contributed by atoms with Gasteiger partial charge in [-0.2, -0.15) is 0 Å². The second kappa shape index (κ2) is 15.3. The number of carbonyl (C=O) groups is 2. The number of aliphatic hydroxyl groups excluding tert-OH is 2. The highest BCUT2D eigenvalue weighted by Gasteiger charge is 2.87. The Kier molecular flexibility index (Phi) is 10.1. The van der Waals surface area contributed by atoms with Crippen LogP contribution in [-0.2, 0) is 32.1 Å². The molecule has 1 aromatic rings. The second-order valence-corrected chi connectivity index (χ2v) is 24.7. The van der Waals surface area contributed by atoms with Gasteiger partial charge in [-0.3, -0.25) is 0 Å². The van der Waals surface area contributed by atoms with Crippen LogP contribution in [0.15, 0.2) is 42.0 Å². The van der Waals surface area contributed by atoms with Crippen molar-refractivity contribution in [3.8, 4) is 11.8 Å². The number of aldehydes is 1. The Morgan fingerprint density at radius 1 is 0.925 bits per heavy atom. The molecule has 6 N–H and O–H groups in total. The first-order valence-electron chi connectivity index (χ1n) is 26.8. The quantitative estimate of drug-likeness (QED) is 0.0899. The lowest BCUT2D eigenvalue weighted by Crippen LogP contribution is -2.86. The lowest BCUT2D eigenvalue weighted by molar-refractivity contribution is -0.389. The summed E-state index contributed by atoms with van der Waals surface area (Å²) in [4.78, 5) is 28.8. The normalized spacial score (nSPS) is 52.3. The smallest absolute Gasteiger partial charge is 0.331 e. The number of hydrogen-bond donors (Lipinski definition) is 6. The van der Waals surface area contributed by atoms with Crippen LogP contribution in [-0.4, -0.2) is 92.6 Å². The Hall–Kier alpha value is -2.88. The molecule has 0 amide bonds. The largest absolute Gasteiger partial charge is 0.454 e. The van der Waals surface area contributed by atoms with Crippen LogP contribution in [0.4, 0.5) is 0 Å². The van der Waals surface area contributed by atoms with Gasteiger partial charge >= 0.3 is 5.97 Å². The van der Waals surface area contributed by atoms with E-state index in [4.69, 9.17) is 9.47 Å². The van der Waals surface area contributed by atoms with Gasteiger partial charge in [0.1, 0.15) is 23.6 Å². The minimum absolute atomic E-state index is 0.119. The molecule has 360 valence electrons. The highest BCUT2D eigenvalue weighted by molar-refractivity contribution is 5.86. The number of benzene rings is 1. The van der Waals surface area contributed by atoms with Crippen molar-refractivity contribution in [1.82, 2.24) is 5.32 Å². The van der Waals surface area contributed by atoms with Gasteiger partial charge in [0.25, 0.3) is 0 Å². The lowest BCUT2D eigenvalue weighted by atomic mass is 9.32. The topological polar surface area (TPSA) is 166 Å². The predicted octanol–water partition coefficient (Wildman–Crippen LogP) is 6.12. The maximum Gasteiger partial charge on any atom is 0.331 e. The summed E-state index contributed by atoms with van der Waals surface area (Å²) in [6, 6.07) is 5.71. The maximum absolute atomic E-state index is 15.1. The molecule has 8 saturated carbocycles. The van der Waals surface area contributed by atoms with Gasteiger partial charge in [0.15, 0.2) is 0 Å². The predicted molar refractivity (Wildman–Crippen MR) is 248 cm³/mol. The van der Waals surface area contributed by atoms with Crippen LogP contribution in [0.3, 0.4) is 0 Å². The maximum atomic E-state index is 15.1. The van der Waals surface area contributed by atoms with Gasteiger partial charge in [-0.15, -0.1) is 0 Å². The van der Waals surface area contributed by atoms with E-state index in [1.165, 1.54) is 25.7 Å². The van der Waals surface area contributed by atoms with E-state index in [1.54, 1.807) is 6.08 Å². The summed E-state index contributed by atoms with van der Waals surface area (Å²) >= 11 is 0. The zero-order chi connectivity index (χ0) is 45.9. The van der Waals surface area contributed by atoms with E-state index < -0.39 is 63.6 Å². The summed E-state index contributed by atoms with van der Waals surface area (Å²) in [6.45, 7) is 0.514. The fourth-order valence-electron chi connectivity index (χ4n) is 21.0. The first kappa shape index (κ1) is 44.1. The minimum atomic E-state index is -2.16. The number of rotatable bonds is 4. The van der Waals surface area contributed by atoms with Crippen LogP contribution in [0, 0.1) is 93.2 Å². The van der Waals surface area contributed by atoms with E-state index in [0.29, 0.717) is 82.1 Å². The second-order valence-electron chi connectivity index (χ2n) is 24.7. The third-order valence-electron chi connectivity index (χ3n) is 23.2. The molecule has 14 rings (SSSR count). The molecule has 0 radical (unpaired) electrons. The van der Waals surface area contributed by atoms with Crippen molar-refractivity contribution in [2.45, 2.75) is 170 Å². The minimum Gasteiger partial charge on any atom is -0.454 e. The van der Waals surface area contributed by atoms with Crippen molar-refractivity contribution in [2.24, 2.45) is 81.3 Å². The molecule has 67 heavy (non-hydrogen) atoms. The molecular weight excluding hydrogens is 843 g/mol. The summed E-state index contributed by atoms with van der Waals surface area (Å²) in [5.41, 5.74) is -5.00. The molecule has 10 nitrogen and oxygen atoms in total. The number of nitrogens with one attached hydrogen (secondary N) is 1. The van der Waals surface area contributed by atoms with E-state index in [-0.39, 0.29) is 60.2 Å². The van der Waals surface area contributed by atoms with E-state index in [0.717, 1.165) is 60.7 Å². The monoisotopic (exact) mass is 916 g/mol. The number of allylic oxidation sites excluding steroid dienone is 2. The standard InChI is InChI=1S/C57H73NO9/c1-58-45-26-39-33(12-6-14-35(39)29-59)11-4-5-20-53-21-17-46-54(31-60)30-52-19-8-15-37(52)18-22-66-51(52)44-24-34-13-7-16-38(32-9-2-3-10-32)40(34)25-43(56(44,54)64)50(62)57(46,65)55(53,63)28-36-23-41(45)49-42(48(36)53)27-47(61)67-49/h6-7,12-14,27,31-32,34,36-38,40-41,43-46,48-51,58-59,62-65H,2-3,5,8-10,15-26,28-30H2,1H3. The van der Waals surface area contributed by atoms with E-state index in [2.05, 4.69) is 29.3 Å². The number of carbonyl (C=O) groups excluding carboxylic acids is 2. The Morgan fingerprint density at radius 2 is 1.78 bits per heavy atom. The van der Waals surface area contributed by atoms with E-state index >= 15 is 4.79 Å². The first-order valence-corrected chi connectivity index (χ1v) is 26.8. The van der Waals surface area contributed by atoms with Crippen LogP contribution in [0.5, 0.6) is 0 Å². The molecule has 0 aromatic heterocycles. The van der Waals surface area contributed by atoms with Gasteiger partial charge in [-0.1, -0.05) is 68.2 Å². The molecule has 1 saturated heterocycles. The molecule has 10 heteroatoms. The van der Waals surface area contributed by atoms with Gasteiger partial charge in [-0.05, 0) is 155 Å². The van der Waals surface area contributed by atoms with Crippen LogP contribution in [0.2, 0.25) is 0 Å². The molecule has 20 atom stereocenters. The molecule has 2 heterocycles. The highest BCUT2D eigenvalue weighted by Crippen LogP contribution is 2.80. The van der Waals surface area contributed by atoms with Crippen molar-refractivity contribution in [1.29, 1.82) is 0 Å². The third kappa shape index (κ3) is 5.44. The van der Waals surface area contributed by atoms with Gasteiger partial charge < -0.3 is 45.1 Å². The summed E-state index contributed by atoms with van der Waals surface area (Å²) in [5, 5.41) is 71.8. The lowest BCUT2D eigenvalue weighted by Gasteiger charge is -2.75. The van der Waals surface area contributed by atoms with Crippen molar-refractivity contribution in [3.63, 3.8) is 0 Å². The van der Waals surface area contributed by atoms with Crippen molar-refractivity contribution in [2.75, 3.05) is 13.7 Å². The highest BCUT2D eigenvalue weighted by atomic mass is 16.5. The Morgan fingerprint density at radius 3 is 2.58 bits per heavy atom. The summed E-state index contributed by atoms with van der Waals surface area (Å²) in [7, 11) is 1.93. The van der Waals surface area contributed by atoms with Gasteiger partial charge in [0, 0.05) is 65.2 Å². The van der Waals surface area contributed by atoms with Crippen molar-refractivity contribution >= 4 is 12.3 Å². The molecule has 11 aliphatic carbocycles. The average Bonchev–Trinajstić information content (AvgIpc) is 4.13. The number of fused-ring (bicyclic) bond motifs is 8. The van der Waals surface area contributed by atoms with Crippen molar-refractivity contribution < 1.29 is 44.6 Å². The molecule has 2 spiro atoms. The molecular formula is C57H73NO9. The molecule has 2 aliphatic heterocycles. The molecule has 1 aromatic carbocycles. The fraction of sp³-hybridized carbons (Fsp3) is 0.754. The van der Waals surface area contributed by atoms with Crippen LogP contribution >= 0.6 is 0 Å². The molecule has 9 fully saturated rings. The zero-order valence-electron chi connectivity index (χ0n) is 39.4. The van der Waals surface area contributed by atoms with Crippen LogP contribution < -0.4 is 5.32 Å². The molecule has 20 unspecified atom stereocenters. The third-order valence-corrected chi connectivity index (χ3v) is 23.2. The number of hydrogen-bond acceptors (Lipinski definition) is 10. The Balaban J connectivity index is 1.01. The molecule has 4 bridgehead atoms. The van der Waals surface area contributed by atoms with Gasteiger partial charge in [0.05, 0.1) is 29.8 Å². The fourth-order valence-corrected chi connectivity index (χ4v) is 21.0. The number of esters is 1. The number of ether oxygens (including phenoxy) is 2. The first-order chi connectivity index (χ1) is 32.4. The van der Waals surface area contributed by atoms with E-state index in [9.17, 15) is 30.3 Å². The Labute approximate surface area is 396 Å². The zero-order valence-corrected chi connectivity index (χ0v) is 39.4. The SMILES string of the molecule is CNC1Cc2c(cccc2CO)C#CCCC23CCC4C5(C=O)CC67CCCC6CCOC7C6CC7C=CCC(C8CCCC8)C7CC(C(O)C4(O)C2(O)CC2CC1C1OC(=O)C=C1C23)C65O. The Bertz CT molecular complexity index is 2350. The van der Waals surface area contributed by atoms with Crippen LogP contribution in [0.1, 0.15) is 132 Å². The molecule has 13 aliphatic rings. The van der Waals surface area contributed by atoms with Crippen molar-refractivity contribution in [3.05, 3.63) is 58.7 Å². The summed E-state index contributed by atoms with van der Waals surface area (Å²) in [5.74, 6) is 5.32. The van der Waals surface area contributed by atoms with Crippen LogP contribution in [0.25, 0.3) is 0 Å². The number of likely N-dealkylation sites (N-methyl/N-ethyl adjacent to an activating group) is 1. The summed E-state index contributed by atoms with van der Waals surface area (Å²) < 4.78 is 13.4. The average molecular weight is 916 g/mol. The van der Waals surface area contributed by atoms with E-state index in [1.807, 2.05) is 25.2 Å². The van der Waals surface area contributed by atoms with Gasteiger partial charge in [0.2, 0.25) is 0 Å². The number of aliphatic hydroxyl groups is 5. The van der Waals surface area contributed by atoms with Gasteiger partial charge in [-0.25, -0.2) is 4.79 Å². The summed E-state index contributed by atoms with van der Waals surface area (Å²) in [6.07, 6.45) is 19.4.